The lowest BCUT2D eigenvalue weighted by atomic mass is 9.97. The van der Waals surface area contributed by atoms with Crippen LogP contribution in [0.2, 0.25) is 4.34 Å². The summed E-state index contributed by atoms with van der Waals surface area (Å²) < 4.78 is 28.6. The highest BCUT2D eigenvalue weighted by Crippen LogP contribution is 2.33. The summed E-state index contributed by atoms with van der Waals surface area (Å²) in [5, 5.41) is 3.52. The molecular formula is C19H20ClN3O3S3. The van der Waals surface area contributed by atoms with E-state index in [0.717, 1.165) is 32.7 Å². The number of rotatable bonds is 4. The maximum atomic E-state index is 12.7. The highest BCUT2D eigenvalue weighted by atomic mass is 35.5. The zero-order valence-electron chi connectivity index (χ0n) is 15.9. The molecule has 1 aliphatic rings. The van der Waals surface area contributed by atoms with Gasteiger partial charge >= 0.3 is 0 Å². The average molecular weight is 470 g/mol. The van der Waals surface area contributed by atoms with Crippen LogP contribution in [0.5, 0.6) is 0 Å². The third-order valence-corrected chi connectivity index (χ3v) is 9.84. The van der Waals surface area contributed by atoms with Crippen LogP contribution in [0, 0.1) is 19.8 Å². The molecule has 3 heterocycles. The number of nitrogens with one attached hydrogen (secondary N) is 1. The van der Waals surface area contributed by atoms with Gasteiger partial charge in [0.05, 0.1) is 14.6 Å². The molecule has 0 radical (unpaired) electrons. The molecule has 2 aromatic heterocycles. The molecule has 4 rings (SSSR count). The molecule has 29 heavy (non-hydrogen) atoms. The number of piperidine rings is 1. The minimum atomic E-state index is -3.55. The van der Waals surface area contributed by atoms with Crippen LogP contribution in [0.4, 0.5) is 5.13 Å². The Hall–Kier alpha value is -1.52. The van der Waals surface area contributed by atoms with Crippen LogP contribution in [0.3, 0.4) is 0 Å². The van der Waals surface area contributed by atoms with Gasteiger partial charge in [-0.15, -0.1) is 11.3 Å². The van der Waals surface area contributed by atoms with Gasteiger partial charge in [-0.25, -0.2) is 13.4 Å². The number of carbonyl (C=O) groups excluding carboxylic acids is 1. The SMILES string of the molecule is Cc1ccc(C)c2sc(NC(=O)C3CCN(S(=O)(=O)c4ccc(Cl)s4)CC3)nc12. The number of carbonyl (C=O) groups is 1. The van der Waals surface area contributed by atoms with Crippen molar-refractivity contribution in [3.63, 3.8) is 0 Å². The average Bonchev–Trinajstić information content (AvgIpc) is 3.32. The molecule has 0 unspecified atom stereocenters. The summed E-state index contributed by atoms with van der Waals surface area (Å²) in [7, 11) is -3.55. The third-order valence-electron chi connectivity index (χ3n) is 5.14. The minimum Gasteiger partial charge on any atom is -0.302 e. The van der Waals surface area contributed by atoms with Crippen molar-refractivity contribution < 1.29 is 13.2 Å². The van der Waals surface area contributed by atoms with Crippen LogP contribution in [-0.2, 0) is 14.8 Å². The number of anilines is 1. The summed E-state index contributed by atoms with van der Waals surface area (Å²) in [5.74, 6) is -0.335. The molecule has 10 heteroatoms. The van der Waals surface area contributed by atoms with E-state index in [4.69, 9.17) is 11.6 Å². The van der Waals surface area contributed by atoms with Crippen LogP contribution < -0.4 is 5.32 Å². The van der Waals surface area contributed by atoms with Gasteiger partial charge < -0.3 is 5.32 Å². The van der Waals surface area contributed by atoms with E-state index in [1.165, 1.54) is 21.7 Å². The molecule has 6 nitrogen and oxygen atoms in total. The Labute approximate surface area is 182 Å². The number of benzene rings is 1. The van der Waals surface area contributed by atoms with Crippen molar-refractivity contribution >= 4 is 65.6 Å². The number of hydrogen-bond acceptors (Lipinski definition) is 6. The summed E-state index contributed by atoms with van der Waals surface area (Å²) in [6.07, 6.45) is 0.959. The van der Waals surface area contributed by atoms with Crippen molar-refractivity contribution in [2.45, 2.75) is 30.9 Å². The van der Waals surface area contributed by atoms with Crippen molar-refractivity contribution in [2.75, 3.05) is 18.4 Å². The molecule has 0 aliphatic carbocycles. The summed E-state index contributed by atoms with van der Waals surface area (Å²) >= 11 is 8.40. The van der Waals surface area contributed by atoms with E-state index >= 15 is 0 Å². The van der Waals surface area contributed by atoms with Gasteiger partial charge in [0.2, 0.25) is 5.91 Å². The summed E-state index contributed by atoms with van der Waals surface area (Å²) in [6.45, 7) is 4.66. The molecule has 0 spiro atoms. The second-order valence-corrected chi connectivity index (χ2v) is 12.0. The molecule has 1 aromatic carbocycles. The number of halogens is 1. The fourth-order valence-corrected chi connectivity index (χ4v) is 7.56. The highest BCUT2D eigenvalue weighted by Gasteiger charge is 2.33. The normalized spacial score (nSPS) is 16.4. The van der Waals surface area contributed by atoms with Crippen LogP contribution >= 0.6 is 34.3 Å². The van der Waals surface area contributed by atoms with Crippen molar-refractivity contribution in [3.8, 4) is 0 Å². The second-order valence-electron chi connectivity index (χ2n) is 7.12. The lowest BCUT2D eigenvalue weighted by Crippen LogP contribution is -2.41. The fourth-order valence-electron chi connectivity index (χ4n) is 3.44. The van der Waals surface area contributed by atoms with Gasteiger partial charge in [0.15, 0.2) is 5.13 Å². The molecule has 1 aliphatic heterocycles. The van der Waals surface area contributed by atoms with E-state index in [0.29, 0.717) is 35.4 Å². The molecule has 1 fully saturated rings. The van der Waals surface area contributed by atoms with Gasteiger partial charge in [-0.05, 0) is 49.9 Å². The van der Waals surface area contributed by atoms with Crippen molar-refractivity contribution in [1.29, 1.82) is 0 Å². The number of nitrogens with zero attached hydrogens (tertiary/aromatic N) is 2. The first-order chi connectivity index (χ1) is 13.8. The van der Waals surface area contributed by atoms with E-state index in [9.17, 15) is 13.2 Å². The fraction of sp³-hybridized carbons (Fsp3) is 0.368. The van der Waals surface area contributed by atoms with Gasteiger partial charge in [0.25, 0.3) is 10.0 Å². The topological polar surface area (TPSA) is 79.4 Å². The molecule has 154 valence electrons. The van der Waals surface area contributed by atoms with E-state index in [1.54, 1.807) is 6.07 Å². The van der Waals surface area contributed by atoms with Crippen molar-refractivity contribution in [1.82, 2.24) is 9.29 Å². The number of hydrogen-bond donors (Lipinski definition) is 1. The van der Waals surface area contributed by atoms with Gasteiger partial charge in [0, 0.05) is 19.0 Å². The van der Waals surface area contributed by atoms with Crippen LogP contribution in [0.25, 0.3) is 10.2 Å². The van der Waals surface area contributed by atoms with E-state index in [1.807, 2.05) is 19.9 Å². The summed E-state index contributed by atoms with van der Waals surface area (Å²) in [6, 6.07) is 7.19. The summed E-state index contributed by atoms with van der Waals surface area (Å²) in [4.78, 5) is 17.3. The quantitative estimate of drug-likeness (QED) is 0.602. The molecule has 1 amide bonds. The van der Waals surface area contributed by atoms with Crippen molar-refractivity contribution in [3.05, 3.63) is 39.7 Å². The number of sulfonamides is 1. The van der Waals surface area contributed by atoms with Crippen molar-refractivity contribution in [2.24, 2.45) is 5.92 Å². The maximum absolute atomic E-state index is 12.7. The van der Waals surface area contributed by atoms with Gasteiger partial charge in [0.1, 0.15) is 4.21 Å². The van der Waals surface area contributed by atoms with Crippen LogP contribution in [0.1, 0.15) is 24.0 Å². The number of thiophene rings is 1. The number of amides is 1. The van der Waals surface area contributed by atoms with E-state index in [-0.39, 0.29) is 16.0 Å². The van der Waals surface area contributed by atoms with E-state index in [2.05, 4.69) is 16.4 Å². The van der Waals surface area contributed by atoms with Gasteiger partial charge in [-0.3, -0.25) is 4.79 Å². The first kappa shape index (κ1) is 20.7. The summed E-state index contributed by atoms with van der Waals surface area (Å²) in [5.41, 5.74) is 3.13. The zero-order valence-corrected chi connectivity index (χ0v) is 19.1. The third kappa shape index (κ3) is 4.06. The highest BCUT2D eigenvalue weighted by molar-refractivity contribution is 7.91. The Morgan fingerprint density at radius 2 is 1.83 bits per heavy atom. The lowest BCUT2D eigenvalue weighted by Gasteiger charge is -2.29. The number of aromatic nitrogens is 1. The van der Waals surface area contributed by atoms with E-state index < -0.39 is 10.0 Å². The Kier molecular flexibility index (Phi) is 5.69. The number of aryl methyl sites for hydroxylation is 2. The predicted octanol–water partition coefficient (Wildman–Crippen LogP) is 4.67. The zero-order chi connectivity index (χ0) is 20.8. The monoisotopic (exact) mass is 469 g/mol. The Morgan fingerprint density at radius 1 is 1.14 bits per heavy atom. The molecule has 1 saturated heterocycles. The first-order valence-corrected chi connectivity index (χ1v) is 12.6. The largest absolute Gasteiger partial charge is 0.302 e. The minimum absolute atomic E-state index is 0.101. The first-order valence-electron chi connectivity index (χ1n) is 9.19. The molecule has 1 N–H and O–H groups in total. The number of fused-ring (bicyclic) bond motifs is 1. The molecule has 0 bridgehead atoms. The Morgan fingerprint density at radius 3 is 2.45 bits per heavy atom. The Balaban J connectivity index is 1.42. The smallest absolute Gasteiger partial charge is 0.252 e. The molecular weight excluding hydrogens is 450 g/mol. The van der Waals surface area contributed by atoms with Crippen LogP contribution in [-0.4, -0.2) is 36.7 Å². The standard InChI is InChI=1S/C19H20ClN3O3S3/c1-11-3-4-12(2)17-16(11)21-19(28-17)22-18(24)13-7-9-23(10-8-13)29(25,26)15-6-5-14(20)27-15/h3-6,13H,7-10H2,1-2H3,(H,21,22,24). The van der Waals surface area contributed by atoms with Gasteiger partial charge in [-0.1, -0.05) is 35.1 Å². The predicted molar refractivity (Wildman–Crippen MR) is 119 cm³/mol. The maximum Gasteiger partial charge on any atom is 0.252 e. The second kappa shape index (κ2) is 7.96. The van der Waals surface area contributed by atoms with Crippen LogP contribution in [0.15, 0.2) is 28.5 Å². The molecule has 3 aromatic rings. The Bertz CT molecular complexity index is 1140. The number of thiazole rings is 1. The molecule has 0 saturated carbocycles. The lowest BCUT2D eigenvalue weighted by molar-refractivity contribution is -0.120. The molecule has 0 atom stereocenters. The van der Waals surface area contributed by atoms with Gasteiger partial charge in [-0.2, -0.15) is 4.31 Å².